The van der Waals surface area contributed by atoms with E-state index in [1.54, 1.807) is 24.3 Å². The van der Waals surface area contributed by atoms with Crippen LogP contribution in [0.3, 0.4) is 0 Å². The number of rotatable bonds is 4. The summed E-state index contributed by atoms with van der Waals surface area (Å²) in [5, 5.41) is 3.20. The van der Waals surface area contributed by atoms with E-state index < -0.39 is 0 Å². The van der Waals surface area contributed by atoms with Crippen LogP contribution in [0, 0.1) is 0 Å². The van der Waals surface area contributed by atoms with Gasteiger partial charge in [-0.3, -0.25) is 4.79 Å². The monoisotopic (exact) mass is 268 g/mol. The summed E-state index contributed by atoms with van der Waals surface area (Å²) in [6, 6.07) is 10.0. The van der Waals surface area contributed by atoms with Crippen LogP contribution < -0.4 is 10.2 Å². The first-order valence-electron chi connectivity index (χ1n) is 6.66. The Hall–Kier alpha value is -2.43. The van der Waals surface area contributed by atoms with Gasteiger partial charge in [0.25, 0.3) is 5.91 Å². The maximum atomic E-state index is 12.3. The summed E-state index contributed by atoms with van der Waals surface area (Å²) in [5.41, 5.74) is 1.33. The summed E-state index contributed by atoms with van der Waals surface area (Å²) >= 11 is 0. The second-order valence-corrected chi connectivity index (χ2v) is 4.91. The molecule has 2 aromatic rings. The normalized spacial score (nSPS) is 13.8. The third-order valence-corrected chi connectivity index (χ3v) is 3.26. The number of para-hydroxylation sites is 1. The van der Waals surface area contributed by atoms with Gasteiger partial charge in [0.15, 0.2) is 0 Å². The summed E-state index contributed by atoms with van der Waals surface area (Å²) in [5.74, 6) is 0.473. The number of nitrogens with zero attached hydrogens (tertiary/aromatic N) is 3. The van der Waals surface area contributed by atoms with Gasteiger partial charge >= 0.3 is 0 Å². The van der Waals surface area contributed by atoms with Gasteiger partial charge in [0.05, 0.1) is 5.56 Å². The van der Waals surface area contributed by atoms with E-state index in [9.17, 15) is 4.79 Å². The molecule has 1 fully saturated rings. The molecule has 3 rings (SSSR count). The molecular weight excluding hydrogens is 252 g/mol. The summed E-state index contributed by atoms with van der Waals surface area (Å²) < 4.78 is 0. The minimum atomic E-state index is -0.117. The Labute approximate surface area is 117 Å². The van der Waals surface area contributed by atoms with Crippen LogP contribution in [0.2, 0.25) is 0 Å². The molecule has 102 valence electrons. The molecule has 1 amide bonds. The molecule has 0 radical (unpaired) electrons. The van der Waals surface area contributed by atoms with Crippen LogP contribution in [0.25, 0.3) is 0 Å². The van der Waals surface area contributed by atoms with Gasteiger partial charge in [-0.2, -0.15) is 0 Å². The van der Waals surface area contributed by atoms with Gasteiger partial charge in [-0.15, -0.1) is 0 Å². The predicted octanol–water partition coefficient (Wildman–Crippen LogP) is 2.33. The number of carbonyl (C=O) groups excluding carboxylic acids is 1. The highest BCUT2D eigenvalue weighted by atomic mass is 16.2. The van der Waals surface area contributed by atoms with Gasteiger partial charge in [-0.05, 0) is 25.0 Å². The molecule has 0 saturated heterocycles. The van der Waals surface area contributed by atoms with E-state index in [-0.39, 0.29) is 5.91 Å². The fourth-order valence-electron chi connectivity index (χ4n) is 1.89. The van der Waals surface area contributed by atoms with Crippen molar-refractivity contribution in [1.82, 2.24) is 9.97 Å². The van der Waals surface area contributed by atoms with E-state index in [4.69, 9.17) is 0 Å². The quantitative estimate of drug-likeness (QED) is 0.924. The maximum absolute atomic E-state index is 12.3. The number of hydrogen-bond donors (Lipinski definition) is 1. The number of nitrogens with one attached hydrogen (secondary N) is 1. The van der Waals surface area contributed by atoms with Crippen molar-refractivity contribution in [2.75, 3.05) is 17.3 Å². The second-order valence-electron chi connectivity index (χ2n) is 4.91. The molecule has 5 nitrogen and oxygen atoms in total. The highest BCUT2D eigenvalue weighted by Gasteiger charge is 2.22. The highest BCUT2D eigenvalue weighted by Crippen LogP contribution is 2.22. The van der Waals surface area contributed by atoms with Crippen molar-refractivity contribution < 1.29 is 4.79 Å². The van der Waals surface area contributed by atoms with Crippen molar-refractivity contribution in [3.05, 3.63) is 48.3 Å². The lowest BCUT2D eigenvalue weighted by Crippen LogP contribution is -2.26. The zero-order valence-corrected chi connectivity index (χ0v) is 11.3. The number of amides is 1. The average molecular weight is 268 g/mol. The van der Waals surface area contributed by atoms with Crippen molar-refractivity contribution >= 4 is 17.5 Å². The second kappa shape index (κ2) is 5.28. The summed E-state index contributed by atoms with van der Waals surface area (Å²) in [6.45, 7) is 0. The van der Waals surface area contributed by atoms with Gasteiger partial charge in [-0.25, -0.2) is 9.97 Å². The van der Waals surface area contributed by atoms with Crippen molar-refractivity contribution in [3.63, 3.8) is 0 Å². The Morgan fingerprint density at radius 1 is 1.20 bits per heavy atom. The number of anilines is 2. The van der Waals surface area contributed by atoms with Crippen molar-refractivity contribution in [2.45, 2.75) is 18.9 Å². The van der Waals surface area contributed by atoms with E-state index in [2.05, 4.69) is 15.3 Å². The third kappa shape index (κ3) is 2.77. The number of aromatic nitrogens is 2. The van der Waals surface area contributed by atoms with E-state index >= 15 is 0 Å². The number of benzene rings is 1. The fourth-order valence-corrected chi connectivity index (χ4v) is 1.89. The lowest BCUT2D eigenvalue weighted by molar-refractivity contribution is 0.0992. The smallest absolute Gasteiger partial charge is 0.261 e. The first-order chi connectivity index (χ1) is 9.74. The summed E-state index contributed by atoms with van der Waals surface area (Å²) in [4.78, 5) is 22.3. The molecule has 20 heavy (non-hydrogen) atoms. The molecular formula is C15H16N4O. The molecule has 0 aliphatic heterocycles. The molecule has 1 aliphatic carbocycles. The SMILES string of the molecule is CN(C(=O)c1cnc(NC2CC2)nc1)c1ccccc1. The summed E-state index contributed by atoms with van der Waals surface area (Å²) in [6.07, 6.45) is 5.47. The Bertz CT molecular complexity index is 593. The largest absolute Gasteiger partial charge is 0.351 e. The molecule has 1 aromatic carbocycles. The number of carbonyl (C=O) groups is 1. The van der Waals surface area contributed by atoms with Crippen LogP contribution >= 0.6 is 0 Å². The third-order valence-electron chi connectivity index (χ3n) is 3.26. The van der Waals surface area contributed by atoms with Gasteiger partial charge in [0.2, 0.25) is 5.95 Å². The summed E-state index contributed by atoms with van der Waals surface area (Å²) in [7, 11) is 1.74. The van der Waals surface area contributed by atoms with Crippen molar-refractivity contribution in [1.29, 1.82) is 0 Å². The Morgan fingerprint density at radius 2 is 1.85 bits per heavy atom. The lowest BCUT2D eigenvalue weighted by Gasteiger charge is -2.16. The molecule has 1 aromatic heterocycles. The van der Waals surface area contributed by atoms with Crippen LogP contribution in [0.4, 0.5) is 11.6 Å². The van der Waals surface area contributed by atoms with E-state index in [0.717, 1.165) is 5.69 Å². The van der Waals surface area contributed by atoms with Gasteiger partial charge in [0, 0.05) is 31.2 Å². The Balaban J connectivity index is 1.72. The molecule has 0 atom stereocenters. The van der Waals surface area contributed by atoms with Crippen molar-refractivity contribution in [2.24, 2.45) is 0 Å². The Morgan fingerprint density at radius 3 is 2.45 bits per heavy atom. The topological polar surface area (TPSA) is 58.1 Å². The van der Waals surface area contributed by atoms with E-state index in [1.807, 2.05) is 30.3 Å². The molecule has 1 aliphatic rings. The van der Waals surface area contributed by atoms with Crippen LogP contribution in [-0.4, -0.2) is 29.0 Å². The molecule has 1 N–H and O–H groups in total. The van der Waals surface area contributed by atoms with Gasteiger partial charge in [0.1, 0.15) is 0 Å². The van der Waals surface area contributed by atoms with Gasteiger partial charge in [-0.1, -0.05) is 18.2 Å². The van der Waals surface area contributed by atoms with E-state index in [0.29, 0.717) is 17.6 Å². The average Bonchev–Trinajstić information content (AvgIpc) is 3.31. The fraction of sp³-hybridized carbons (Fsp3) is 0.267. The van der Waals surface area contributed by atoms with Gasteiger partial charge < -0.3 is 10.2 Å². The molecule has 0 bridgehead atoms. The maximum Gasteiger partial charge on any atom is 0.261 e. The molecule has 0 unspecified atom stereocenters. The number of hydrogen-bond acceptors (Lipinski definition) is 4. The van der Waals surface area contributed by atoms with Crippen LogP contribution in [0.15, 0.2) is 42.7 Å². The molecule has 1 saturated carbocycles. The molecule has 5 heteroatoms. The molecule has 1 heterocycles. The first kappa shape index (κ1) is 12.6. The Kier molecular flexibility index (Phi) is 3.33. The van der Waals surface area contributed by atoms with Crippen LogP contribution in [-0.2, 0) is 0 Å². The van der Waals surface area contributed by atoms with Crippen LogP contribution in [0.5, 0.6) is 0 Å². The predicted molar refractivity (Wildman–Crippen MR) is 77.9 cm³/mol. The minimum Gasteiger partial charge on any atom is -0.351 e. The van der Waals surface area contributed by atoms with Crippen LogP contribution in [0.1, 0.15) is 23.2 Å². The minimum absolute atomic E-state index is 0.117. The van der Waals surface area contributed by atoms with E-state index in [1.165, 1.54) is 12.8 Å². The zero-order chi connectivity index (χ0) is 13.9. The van der Waals surface area contributed by atoms with Crippen molar-refractivity contribution in [3.8, 4) is 0 Å². The molecule has 0 spiro atoms. The lowest BCUT2D eigenvalue weighted by atomic mass is 10.2. The zero-order valence-electron chi connectivity index (χ0n) is 11.3. The first-order valence-corrected chi connectivity index (χ1v) is 6.66. The standard InChI is InChI=1S/C15H16N4O/c1-19(13-5-3-2-4-6-13)14(20)11-9-16-15(17-10-11)18-12-7-8-12/h2-6,9-10,12H,7-8H2,1H3,(H,16,17,18). The highest BCUT2D eigenvalue weighted by molar-refractivity contribution is 6.05.